The van der Waals surface area contributed by atoms with Crippen molar-refractivity contribution >= 4 is 0 Å². The smallest absolute Gasteiger partial charge is 0.481 e. The molecule has 0 saturated carbocycles. The molecule has 0 radical (unpaired) electrons. The fourth-order valence-electron chi connectivity index (χ4n) is 0.152. The molecular weight excluding hydrogens is 160 g/mol. The first-order valence-corrected chi connectivity index (χ1v) is 1.86. The van der Waals surface area contributed by atoms with Crippen molar-refractivity contribution in [2.45, 2.75) is 6.36 Å². The van der Waals surface area contributed by atoms with E-state index in [1.807, 2.05) is 0 Å². The lowest BCUT2D eigenvalue weighted by molar-refractivity contribution is -0.321. The predicted octanol–water partition coefficient (Wildman–Crippen LogP) is 1.73. The average molecular weight is 162 g/mol. The van der Waals surface area contributed by atoms with Gasteiger partial charge in [-0.3, -0.25) is 0 Å². The van der Waals surface area contributed by atoms with Gasteiger partial charge in [-0.25, -0.2) is 0 Å². The van der Waals surface area contributed by atoms with Crippen molar-refractivity contribution in [2.75, 3.05) is 0 Å². The van der Waals surface area contributed by atoms with E-state index in [4.69, 9.17) is 10.2 Å². The lowest BCUT2D eigenvalue weighted by atomic mass is 10.9. The molecule has 0 aromatic carbocycles. The summed E-state index contributed by atoms with van der Waals surface area (Å²) >= 11 is 0. The van der Waals surface area contributed by atoms with Crippen LogP contribution in [-0.4, -0.2) is 16.6 Å². The predicted molar refractivity (Wildman–Crippen MR) is 20.5 cm³/mol. The van der Waals surface area contributed by atoms with Gasteiger partial charge in [-0.2, -0.15) is 4.39 Å². The van der Waals surface area contributed by atoms with Crippen LogP contribution in [0.2, 0.25) is 0 Å². The fourth-order valence-corrected chi connectivity index (χ4v) is 0.152. The Morgan fingerprint density at radius 1 is 1.20 bits per heavy atom. The van der Waals surface area contributed by atoms with E-state index in [-0.39, 0.29) is 0 Å². The van der Waals surface area contributed by atoms with E-state index in [0.29, 0.717) is 0 Å². The van der Waals surface area contributed by atoms with Gasteiger partial charge in [0.1, 0.15) is 0 Å². The van der Waals surface area contributed by atoms with Crippen molar-refractivity contribution in [3.63, 3.8) is 0 Å². The summed E-state index contributed by atoms with van der Waals surface area (Å²) in [5, 5.41) is 15.3. The molecule has 0 aliphatic heterocycles. The molecule has 0 spiro atoms. The van der Waals surface area contributed by atoms with Crippen LogP contribution in [-0.2, 0) is 4.74 Å². The molecule has 0 rings (SSSR count). The lowest BCUT2D eigenvalue weighted by Gasteiger charge is -2.05. The third-order valence-corrected chi connectivity index (χ3v) is 0.389. The lowest BCUT2D eigenvalue weighted by Crippen LogP contribution is -2.13. The Bertz CT molecular complexity index is 144. The highest BCUT2D eigenvalue weighted by Crippen LogP contribution is 2.20. The SMILES string of the molecule is O/C(F)=C(\O)OC(F)(F)F. The Morgan fingerprint density at radius 3 is 1.70 bits per heavy atom. The zero-order valence-corrected chi connectivity index (χ0v) is 4.31. The zero-order valence-electron chi connectivity index (χ0n) is 4.31. The second kappa shape index (κ2) is 2.63. The highest BCUT2D eigenvalue weighted by molar-refractivity contribution is 4.79. The van der Waals surface area contributed by atoms with Crippen LogP contribution in [0.4, 0.5) is 17.6 Å². The van der Waals surface area contributed by atoms with Gasteiger partial charge in [0.25, 0.3) is 0 Å². The molecule has 2 N–H and O–H groups in total. The van der Waals surface area contributed by atoms with Crippen molar-refractivity contribution in [1.29, 1.82) is 0 Å². The van der Waals surface area contributed by atoms with Crippen LogP contribution in [0.3, 0.4) is 0 Å². The maximum atomic E-state index is 11.2. The molecule has 0 amide bonds. The summed E-state index contributed by atoms with van der Waals surface area (Å²) in [6.45, 7) is 0. The number of hydrogen-bond donors (Lipinski definition) is 2. The second-order valence-electron chi connectivity index (χ2n) is 1.14. The highest BCUT2D eigenvalue weighted by atomic mass is 19.4. The first-order valence-electron chi connectivity index (χ1n) is 1.86. The van der Waals surface area contributed by atoms with Crippen molar-refractivity contribution in [1.82, 2.24) is 0 Å². The second-order valence-corrected chi connectivity index (χ2v) is 1.14. The molecule has 0 fully saturated rings. The van der Waals surface area contributed by atoms with Crippen LogP contribution in [0, 0.1) is 0 Å². The molecule has 0 saturated heterocycles. The number of aliphatic hydroxyl groups excluding tert-OH is 2. The van der Waals surface area contributed by atoms with Gasteiger partial charge in [0.15, 0.2) is 0 Å². The third kappa shape index (κ3) is 3.81. The van der Waals surface area contributed by atoms with Gasteiger partial charge in [-0.05, 0) is 0 Å². The molecule has 10 heavy (non-hydrogen) atoms. The van der Waals surface area contributed by atoms with Gasteiger partial charge >= 0.3 is 18.3 Å². The van der Waals surface area contributed by atoms with E-state index in [2.05, 4.69) is 4.74 Å². The van der Waals surface area contributed by atoms with Crippen LogP contribution >= 0.6 is 0 Å². The van der Waals surface area contributed by atoms with E-state index in [1.165, 1.54) is 0 Å². The van der Waals surface area contributed by atoms with Gasteiger partial charge < -0.3 is 14.9 Å². The van der Waals surface area contributed by atoms with E-state index in [9.17, 15) is 17.6 Å². The number of alkyl halides is 3. The maximum Gasteiger partial charge on any atom is 0.575 e. The average Bonchev–Trinajstić information content (AvgIpc) is 1.60. The highest BCUT2D eigenvalue weighted by Gasteiger charge is 2.33. The van der Waals surface area contributed by atoms with E-state index >= 15 is 0 Å². The van der Waals surface area contributed by atoms with Crippen molar-refractivity contribution in [2.24, 2.45) is 0 Å². The van der Waals surface area contributed by atoms with Gasteiger partial charge in [-0.1, -0.05) is 0 Å². The summed E-state index contributed by atoms with van der Waals surface area (Å²) in [5.41, 5.74) is 0. The molecule has 0 aromatic rings. The summed E-state index contributed by atoms with van der Waals surface area (Å²) in [7, 11) is 0. The molecule has 0 bridgehead atoms. The summed E-state index contributed by atoms with van der Waals surface area (Å²) in [5.74, 6) is -2.20. The molecule has 0 aromatic heterocycles. The van der Waals surface area contributed by atoms with Crippen molar-refractivity contribution in [3.8, 4) is 0 Å². The summed E-state index contributed by atoms with van der Waals surface area (Å²) in [6, 6.07) is -2.42. The number of aliphatic hydroxyl groups is 2. The molecule has 0 aliphatic rings. The first-order chi connectivity index (χ1) is 4.33. The topological polar surface area (TPSA) is 49.7 Å². The largest absolute Gasteiger partial charge is 0.575 e. The minimum absolute atomic E-state index is 2.20. The molecule has 3 nitrogen and oxygen atoms in total. The van der Waals surface area contributed by atoms with E-state index in [0.717, 1.165) is 0 Å². The molecular formula is C3H2F4O3. The fraction of sp³-hybridized carbons (Fsp3) is 0.333. The number of rotatable bonds is 1. The van der Waals surface area contributed by atoms with Crippen LogP contribution in [0.1, 0.15) is 0 Å². The monoisotopic (exact) mass is 162 g/mol. The van der Waals surface area contributed by atoms with Gasteiger partial charge in [0.05, 0.1) is 0 Å². The number of halogens is 4. The minimum atomic E-state index is -5.20. The standard InChI is InChI=1S/C3H2F4O3/c4-1(8)2(9)10-3(5,6)7/h8-9H/b2-1+. The Hall–Kier alpha value is -1.14. The number of ether oxygens (including phenoxy) is 1. The van der Waals surface area contributed by atoms with Gasteiger partial charge in [0.2, 0.25) is 0 Å². The Labute approximate surface area is 52.1 Å². The summed E-state index contributed by atoms with van der Waals surface area (Å²) in [4.78, 5) is 0. The molecule has 0 heterocycles. The van der Waals surface area contributed by atoms with Crippen LogP contribution in [0.25, 0.3) is 0 Å². The molecule has 0 atom stereocenters. The Balaban J connectivity index is 4.06. The summed E-state index contributed by atoms with van der Waals surface area (Å²) in [6.07, 6.45) is -5.20. The maximum absolute atomic E-state index is 11.2. The van der Waals surface area contributed by atoms with E-state index < -0.39 is 18.3 Å². The Kier molecular flexibility index (Phi) is 2.33. The van der Waals surface area contributed by atoms with Gasteiger partial charge in [-0.15, -0.1) is 13.2 Å². The van der Waals surface area contributed by atoms with Crippen molar-refractivity contribution in [3.05, 3.63) is 12.0 Å². The normalized spacial score (nSPS) is 14.4. The molecule has 0 unspecified atom stereocenters. The Morgan fingerprint density at radius 2 is 1.60 bits per heavy atom. The quantitative estimate of drug-likeness (QED) is 0.456. The van der Waals surface area contributed by atoms with Crippen LogP contribution < -0.4 is 0 Å². The van der Waals surface area contributed by atoms with Crippen LogP contribution in [0.5, 0.6) is 0 Å². The zero-order chi connectivity index (χ0) is 8.36. The van der Waals surface area contributed by atoms with Crippen LogP contribution in [0.15, 0.2) is 12.0 Å². The molecule has 7 heteroatoms. The van der Waals surface area contributed by atoms with Gasteiger partial charge in [0, 0.05) is 0 Å². The molecule has 0 aliphatic carbocycles. The summed E-state index contributed by atoms with van der Waals surface area (Å²) < 4.78 is 46.6. The van der Waals surface area contributed by atoms with E-state index in [1.54, 1.807) is 0 Å². The molecule has 60 valence electrons. The third-order valence-electron chi connectivity index (χ3n) is 0.389. The first kappa shape index (κ1) is 8.86. The van der Waals surface area contributed by atoms with Crippen molar-refractivity contribution < 1.29 is 32.5 Å². The number of hydrogen-bond acceptors (Lipinski definition) is 3. The minimum Gasteiger partial charge on any atom is -0.481 e.